The number of nitrogens with zero attached hydrogens (tertiary/aromatic N) is 4. The predicted molar refractivity (Wildman–Crippen MR) is 132 cm³/mol. The van der Waals surface area contributed by atoms with Crippen LogP contribution in [-0.2, 0) is 0 Å². The average molecular weight is 499 g/mol. The van der Waals surface area contributed by atoms with E-state index < -0.39 is 5.91 Å². The van der Waals surface area contributed by atoms with E-state index in [9.17, 15) is 4.79 Å². The average Bonchev–Trinajstić information content (AvgIpc) is 3.39. The molecule has 3 heterocycles. The predicted octanol–water partition coefficient (Wildman–Crippen LogP) is 5.49. The second kappa shape index (κ2) is 8.18. The largest absolute Gasteiger partial charge is 0.495 e. The van der Waals surface area contributed by atoms with Crippen LogP contribution in [0.15, 0.2) is 42.0 Å². The van der Waals surface area contributed by atoms with E-state index in [1.54, 1.807) is 22.9 Å². The number of anilines is 2. The van der Waals surface area contributed by atoms with Gasteiger partial charge in [0.1, 0.15) is 17.1 Å². The molecule has 166 valence electrons. The molecule has 0 fully saturated rings. The zero-order valence-electron chi connectivity index (χ0n) is 17.4. The minimum atomic E-state index is -0.411. The Bertz CT molecular complexity index is 1560. The first kappa shape index (κ1) is 21.4. The van der Waals surface area contributed by atoms with Gasteiger partial charge in [0.25, 0.3) is 5.91 Å². The molecule has 11 heteroatoms. The number of carbonyl (C=O) groups is 1. The van der Waals surface area contributed by atoms with Gasteiger partial charge < -0.3 is 15.8 Å². The van der Waals surface area contributed by atoms with E-state index in [4.69, 9.17) is 33.7 Å². The maximum atomic E-state index is 13.2. The molecule has 0 bridgehead atoms. The van der Waals surface area contributed by atoms with Gasteiger partial charge in [-0.2, -0.15) is 0 Å². The second-order valence-electron chi connectivity index (χ2n) is 7.17. The summed E-state index contributed by atoms with van der Waals surface area (Å²) in [6.45, 7) is 1.80. The van der Waals surface area contributed by atoms with E-state index in [1.165, 1.54) is 24.8 Å². The lowest BCUT2D eigenvalue weighted by molar-refractivity contribution is 0.102. The number of para-hydroxylation sites is 2. The molecule has 5 aromatic rings. The lowest BCUT2D eigenvalue weighted by Crippen LogP contribution is -2.13. The van der Waals surface area contributed by atoms with Gasteiger partial charge in [-0.3, -0.25) is 9.36 Å². The van der Waals surface area contributed by atoms with Gasteiger partial charge in [0, 0.05) is 5.38 Å². The number of hydrogen-bond donors (Lipinski definition) is 2. The Labute approximate surface area is 201 Å². The Balaban J connectivity index is 1.60. The number of nitrogens with one attached hydrogen (secondary N) is 1. The summed E-state index contributed by atoms with van der Waals surface area (Å²) in [7, 11) is 1.50. The van der Waals surface area contributed by atoms with Crippen LogP contribution < -0.4 is 15.8 Å². The number of ether oxygens (including phenoxy) is 1. The Kier molecular flexibility index (Phi) is 5.32. The lowest BCUT2D eigenvalue weighted by Gasteiger charge is -2.14. The maximum absolute atomic E-state index is 13.2. The van der Waals surface area contributed by atoms with Crippen LogP contribution in [0.3, 0.4) is 0 Å². The third-order valence-corrected chi connectivity index (χ3v) is 7.01. The molecule has 0 radical (unpaired) electrons. The van der Waals surface area contributed by atoms with Crippen LogP contribution in [0, 0.1) is 6.92 Å². The number of fused-ring (bicyclic) bond motifs is 2. The van der Waals surface area contributed by atoms with E-state index >= 15 is 0 Å². The zero-order chi connectivity index (χ0) is 23.3. The molecule has 0 atom stereocenters. The molecule has 0 aliphatic heterocycles. The fourth-order valence-corrected chi connectivity index (χ4v) is 5.10. The summed E-state index contributed by atoms with van der Waals surface area (Å²) < 4.78 is 7.72. The van der Waals surface area contributed by atoms with Crippen LogP contribution in [0.1, 0.15) is 15.9 Å². The smallest absolute Gasteiger partial charge is 0.258 e. The number of methoxy groups -OCH3 is 1. The minimum absolute atomic E-state index is 0.217. The molecular weight excluding hydrogens is 483 g/mol. The third kappa shape index (κ3) is 3.45. The summed E-state index contributed by atoms with van der Waals surface area (Å²) in [5.41, 5.74) is 9.57. The first-order valence-corrected chi connectivity index (χ1v) is 11.3. The van der Waals surface area contributed by atoms with Crippen molar-refractivity contribution in [2.24, 2.45) is 0 Å². The molecule has 0 aliphatic carbocycles. The van der Waals surface area contributed by atoms with E-state index in [-0.39, 0.29) is 10.7 Å². The highest BCUT2D eigenvalue weighted by Crippen LogP contribution is 2.41. The Hall–Kier alpha value is -3.40. The van der Waals surface area contributed by atoms with Crippen LogP contribution in [0.4, 0.5) is 11.6 Å². The quantitative estimate of drug-likeness (QED) is 0.339. The summed E-state index contributed by atoms with van der Waals surface area (Å²) in [5.74, 6) is 0.839. The summed E-state index contributed by atoms with van der Waals surface area (Å²) >= 11 is 14.2. The van der Waals surface area contributed by atoms with Crippen LogP contribution in [0.5, 0.6) is 5.75 Å². The molecule has 0 unspecified atom stereocenters. The van der Waals surface area contributed by atoms with Crippen molar-refractivity contribution in [3.63, 3.8) is 0 Å². The van der Waals surface area contributed by atoms with Gasteiger partial charge in [-0.25, -0.2) is 15.0 Å². The van der Waals surface area contributed by atoms with Crippen molar-refractivity contribution in [1.29, 1.82) is 0 Å². The number of carbonyl (C=O) groups excluding carboxylic acids is 1. The van der Waals surface area contributed by atoms with Gasteiger partial charge in [-0.05, 0) is 30.7 Å². The normalized spacial score (nSPS) is 11.3. The van der Waals surface area contributed by atoms with E-state index in [0.29, 0.717) is 38.3 Å². The highest BCUT2D eigenvalue weighted by Gasteiger charge is 2.22. The molecule has 3 aromatic heterocycles. The molecule has 5 rings (SSSR count). The third-order valence-electron chi connectivity index (χ3n) is 5.19. The van der Waals surface area contributed by atoms with Crippen LogP contribution >= 0.6 is 34.5 Å². The van der Waals surface area contributed by atoms with Crippen molar-refractivity contribution in [3.05, 3.63) is 63.2 Å². The Morgan fingerprint density at radius 2 is 2.00 bits per heavy atom. The number of hydrogen-bond acceptors (Lipinski definition) is 7. The van der Waals surface area contributed by atoms with Crippen molar-refractivity contribution in [1.82, 2.24) is 19.5 Å². The van der Waals surface area contributed by atoms with Gasteiger partial charge in [0.15, 0.2) is 5.82 Å². The van der Waals surface area contributed by atoms with Crippen molar-refractivity contribution in [2.75, 3.05) is 18.2 Å². The number of imidazole rings is 1. The van der Waals surface area contributed by atoms with Crippen LogP contribution in [-0.4, -0.2) is 32.5 Å². The number of aryl methyl sites for hydroxylation is 1. The fraction of sp³-hybridized carbons (Fsp3) is 0.0909. The standard InChI is InChI=1S/C22H16Cl2N6O2S/c1-10-7-14(32-2)16(24)18(15(10)23)29-21(31)11-8-33-19-17(11)26-9-27-20(19)30-13-6-4-3-5-12(13)28-22(30)25/h3-9H,1-2H3,(H2,25,28)(H,29,31). The van der Waals surface area contributed by atoms with Gasteiger partial charge in [0.05, 0.1) is 44.6 Å². The Morgan fingerprint density at radius 3 is 2.79 bits per heavy atom. The van der Waals surface area contributed by atoms with E-state index in [1.807, 2.05) is 24.3 Å². The monoisotopic (exact) mass is 498 g/mol. The first-order valence-electron chi connectivity index (χ1n) is 9.70. The van der Waals surface area contributed by atoms with Gasteiger partial charge in [0.2, 0.25) is 5.95 Å². The minimum Gasteiger partial charge on any atom is -0.495 e. The molecule has 0 saturated carbocycles. The van der Waals surface area contributed by atoms with Gasteiger partial charge >= 0.3 is 0 Å². The molecule has 0 spiro atoms. The summed E-state index contributed by atoms with van der Waals surface area (Å²) in [6, 6.07) is 9.27. The first-order chi connectivity index (χ1) is 15.9. The summed E-state index contributed by atoms with van der Waals surface area (Å²) in [5, 5.41) is 5.07. The molecule has 0 aliphatic rings. The molecule has 0 saturated heterocycles. The van der Waals surface area contributed by atoms with Gasteiger partial charge in [-0.15, -0.1) is 11.3 Å². The number of rotatable bonds is 4. The number of nitrogens with two attached hydrogens (primary N) is 1. The maximum Gasteiger partial charge on any atom is 0.258 e. The number of amides is 1. The zero-order valence-corrected chi connectivity index (χ0v) is 19.7. The van der Waals surface area contributed by atoms with Crippen LogP contribution in [0.25, 0.3) is 27.1 Å². The number of benzene rings is 2. The Morgan fingerprint density at radius 1 is 1.21 bits per heavy atom. The fourth-order valence-electron chi connectivity index (χ4n) is 3.61. The highest BCUT2D eigenvalue weighted by atomic mass is 35.5. The number of aromatic nitrogens is 4. The van der Waals surface area contributed by atoms with Crippen molar-refractivity contribution in [2.45, 2.75) is 6.92 Å². The number of thiophene rings is 1. The highest BCUT2D eigenvalue weighted by molar-refractivity contribution is 7.18. The van der Waals surface area contributed by atoms with Crippen molar-refractivity contribution in [3.8, 4) is 11.6 Å². The topological polar surface area (TPSA) is 108 Å². The number of nitrogen functional groups attached to an aromatic ring is 1. The molecule has 2 aromatic carbocycles. The summed E-state index contributed by atoms with van der Waals surface area (Å²) in [4.78, 5) is 26.4. The number of halogens is 2. The molecule has 3 N–H and O–H groups in total. The lowest BCUT2D eigenvalue weighted by atomic mass is 10.2. The SMILES string of the molecule is COc1cc(C)c(Cl)c(NC(=O)c2csc3c(-n4c(N)nc5ccccc54)ncnc23)c1Cl. The van der Waals surface area contributed by atoms with E-state index in [2.05, 4.69) is 20.3 Å². The molecule has 33 heavy (non-hydrogen) atoms. The molecule has 8 nitrogen and oxygen atoms in total. The summed E-state index contributed by atoms with van der Waals surface area (Å²) in [6.07, 6.45) is 1.39. The van der Waals surface area contributed by atoms with Crippen molar-refractivity contribution < 1.29 is 9.53 Å². The van der Waals surface area contributed by atoms with E-state index in [0.717, 1.165) is 16.6 Å². The molecule has 1 amide bonds. The van der Waals surface area contributed by atoms with Gasteiger partial charge in [-0.1, -0.05) is 35.3 Å². The molecular formula is C22H16Cl2N6O2S. The van der Waals surface area contributed by atoms with Crippen molar-refractivity contribution >= 4 is 73.3 Å². The second-order valence-corrected chi connectivity index (χ2v) is 8.81. The van der Waals surface area contributed by atoms with Crippen LogP contribution in [0.2, 0.25) is 10.0 Å².